The van der Waals surface area contributed by atoms with Gasteiger partial charge < -0.3 is 4.74 Å². The molecule has 1 atom stereocenters. The first-order valence-electron chi connectivity index (χ1n) is 4.10. The Balaban J connectivity index is 2.83. The average Bonchev–Trinajstić information content (AvgIpc) is 2.03. The minimum absolute atomic E-state index is 0.469. The minimum Gasteiger partial charge on any atom is -0.495 e. The number of hydrogen-bond acceptors (Lipinski definition) is 1. The van der Waals surface area contributed by atoms with Gasteiger partial charge in [0.05, 0.1) is 12.1 Å². The summed E-state index contributed by atoms with van der Waals surface area (Å²) in [5, 5.41) is 0.674. The maximum atomic E-state index is 5.97. The molecule has 1 unspecified atom stereocenters. The van der Waals surface area contributed by atoms with Crippen LogP contribution in [0.25, 0.3) is 0 Å². The highest BCUT2D eigenvalue weighted by Crippen LogP contribution is 2.25. The fourth-order valence-corrected chi connectivity index (χ4v) is 1.82. The summed E-state index contributed by atoms with van der Waals surface area (Å²) in [5.41, 5.74) is 1.22. The Morgan fingerprint density at radius 2 is 2.23 bits per heavy atom. The summed E-state index contributed by atoms with van der Waals surface area (Å²) in [5.74, 6) is 0.729. The lowest BCUT2D eigenvalue weighted by molar-refractivity contribution is 0.415. The first-order valence-corrected chi connectivity index (χ1v) is 5.39. The molecule has 0 aromatic heterocycles. The van der Waals surface area contributed by atoms with Crippen LogP contribution in [0.5, 0.6) is 5.75 Å². The smallest absolute Gasteiger partial charge is 0.137 e. The van der Waals surface area contributed by atoms with Crippen LogP contribution < -0.4 is 4.74 Å². The van der Waals surface area contributed by atoms with E-state index in [0.717, 1.165) is 12.2 Å². The van der Waals surface area contributed by atoms with Gasteiger partial charge in [0.2, 0.25) is 0 Å². The van der Waals surface area contributed by atoms with Gasteiger partial charge in [-0.25, -0.2) is 0 Å². The molecule has 72 valence electrons. The van der Waals surface area contributed by atoms with Crippen molar-refractivity contribution in [2.75, 3.05) is 7.11 Å². The van der Waals surface area contributed by atoms with Crippen LogP contribution in [-0.4, -0.2) is 11.9 Å². The molecule has 0 amide bonds. The minimum atomic E-state index is 0.469. The van der Waals surface area contributed by atoms with Crippen LogP contribution in [0.3, 0.4) is 0 Å². The van der Waals surface area contributed by atoms with Gasteiger partial charge in [-0.05, 0) is 24.1 Å². The third-order valence-corrected chi connectivity index (χ3v) is 2.35. The van der Waals surface area contributed by atoms with Crippen molar-refractivity contribution in [1.82, 2.24) is 0 Å². The summed E-state index contributed by atoms with van der Waals surface area (Å²) < 4.78 is 5.06. The van der Waals surface area contributed by atoms with Crippen LogP contribution in [0.4, 0.5) is 0 Å². The van der Waals surface area contributed by atoms with Gasteiger partial charge in [-0.1, -0.05) is 40.5 Å². The Labute approximate surface area is 92.2 Å². The van der Waals surface area contributed by atoms with Crippen LogP contribution in [0.2, 0.25) is 5.02 Å². The summed E-state index contributed by atoms with van der Waals surface area (Å²) in [6, 6.07) is 5.87. The normalized spacial score (nSPS) is 12.6. The Bertz CT molecular complexity index is 286. The molecule has 1 aromatic rings. The zero-order valence-electron chi connectivity index (χ0n) is 7.68. The zero-order chi connectivity index (χ0) is 9.84. The molecule has 0 saturated carbocycles. The van der Waals surface area contributed by atoms with E-state index in [2.05, 4.69) is 22.9 Å². The molecule has 0 aliphatic heterocycles. The first kappa shape index (κ1) is 10.9. The second-order valence-corrected chi connectivity index (χ2v) is 4.92. The summed E-state index contributed by atoms with van der Waals surface area (Å²) in [6.07, 6.45) is 0.976. The number of ether oxygens (including phenoxy) is 1. The van der Waals surface area contributed by atoms with Crippen molar-refractivity contribution in [1.29, 1.82) is 0 Å². The van der Waals surface area contributed by atoms with Crippen molar-refractivity contribution in [3.05, 3.63) is 28.8 Å². The van der Waals surface area contributed by atoms with Crippen molar-refractivity contribution in [3.63, 3.8) is 0 Å². The topological polar surface area (TPSA) is 9.23 Å². The van der Waals surface area contributed by atoms with Gasteiger partial charge >= 0.3 is 0 Å². The first-order chi connectivity index (χ1) is 6.13. The molecule has 13 heavy (non-hydrogen) atoms. The summed E-state index contributed by atoms with van der Waals surface area (Å²) in [6.45, 7) is 2.11. The second kappa shape index (κ2) is 4.87. The Morgan fingerprint density at radius 1 is 1.54 bits per heavy atom. The predicted octanol–water partition coefficient (Wildman–Crippen LogP) is 3.67. The summed E-state index contributed by atoms with van der Waals surface area (Å²) >= 11 is 9.47. The predicted molar refractivity (Wildman–Crippen MR) is 60.1 cm³/mol. The highest BCUT2D eigenvalue weighted by molar-refractivity contribution is 9.09. The maximum absolute atomic E-state index is 5.97. The number of methoxy groups -OCH3 is 1. The van der Waals surface area contributed by atoms with E-state index in [0.29, 0.717) is 9.85 Å². The summed E-state index contributed by atoms with van der Waals surface area (Å²) in [4.78, 5) is 0.469. The van der Waals surface area contributed by atoms with Crippen molar-refractivity contribution in [3.8, 4) is 5.75 Å². The van der Waals surface area contributed by atoms with Crippen molar-refractivity contribution in [2.45, 2.75) is 18.2 Å². The highest BCUT2D eigenvalue weighted by Gasteiger charge is 2.03. The Morgan fingerprint density at radius 3 is 2.69 bits per heavy atom. The SMILES string of the molecule is COc1ccc(CC(C)Br)cc1Cl. The molecule has 0 aliphatic carbocycles. The standard InChI is InChI=1S/C10H12BrClO/c1-7(11)5-8-3-4-10(13-2)9(12)6-8/h3-4,6-7H,5H2,1-2H3. The number of hydrogen-bond donors (Lipinski definition) is 0. The molecule has 0 radical (unpaired) electrons. The summed E-state index contributed by atoms with van der Waals surface area (Å²) in [7, 11) is 1.62. The number of halogens is 2. The molecule has 3 heteroatoms. The third kappa shape index (κ3) is 3.20. The largest absolute Gasteiger partial charge is 0.495 e. The van der Waals surface area contributed by atoms with Crippen LogP contribution >= 0.6 is 27.5 Å². The van der Waals surface area contributed by atoms with Gasteiger partial charge in [-0.15, -0.1) is 0 Å². The lowest BCUT2D eigenvalue weighted by atomic mass is 10.1. The van der Waals surface area contributed by atoms with E-state index in [4.69, 9.17) is 16.3 Å². The Hall–Kier alpha value is -0.210. The molecule has 1 aromatic carbocycles. The van der Waals surface area contributed by atoms with Gasteiger partial charge in [-0.2, -0.15) is 0 Å². The van der Waals surface area contributed by atoms with E-state index >= 15 is 0 Å². The second-order valence-electron chi connectivity index (χ2n) is 2.95. The number of rotatable bonds is 3. The van der Waals surface area contributed by atoms with Gasteiger partial charge in [0.25, 0.3) is 0 Å². The van der Waals surface area contributed by atoms with E-state index < -0.39 is 0 Å². The van der Waals surface area contributed by atoms with E-state index in [9.17, 15) is 0 Å². The molecular formula is C10H12BrClO. The van der Waals surface area contributed by atoms with Gasteiger partial charge in [0.1, 0.15) is 5.75 Å². The molecule has 0 N–H and O–H groups in total. The quantitative estimate of drug-likeness (QED) is 0.756. The molecule has 0 fully saturated rings. The third-order valence-electron chi connectivity index (χ3n) is 1.73. The van der Waals surface area contributed by atoms with Crippen LogP contribution in [-0.2, 0) is 6.42 Å². The molecule has 0 aliphatic rings. The Kier molecular flexibility index (Phi) is 4.07. The molecule has 0 spiro atoms. The van der Waals surface area contributed by atoms with Crippen molar-refractivity contribution >= 4 is 27.5 Å². The van der Waals surface area contributed by atoms with Crippen LogP contribution in [0, 0.1) is 0 Å². The number of benzene rings is 1. The van der Waals surface area contributed by atoms with Gasteiger partial charge in [0, 0.05) is 4.83 Å². The highest BCUT2D eigenvalue weighted by atomic mass is 79.9. The molecule has 0 saturated heterocycles. The lowest BCUT2D eigenvalue weighted by Crippen LogP contribution is -1.96. The van der Waals surface area contributed by atoms with E-state index in [1.165, 1.54) is 5.56 Å². The van der Waals surface area contributed by atoms with Crippen molar-refractivity contribution in [2.24, 2.45) is 0 Å². The molecule has 1 rings (SSSR count). The fraction of sp³-hybridized carbons (Fsp3) is 0.400. The average molecular weight is 264 g/mol. The van der Waals surface area contributed by atoms with Crippen LogP contribution in [0.15, 0.2) is 18.2 Å². The zero-order valence-corrected chi connectivity index (χ0v) is 10.0. The lowest BCUT2D eigenvalue weighted by Gasteiger charge is -2.06. The van der Waals surface area contributed by atoms with Crippen LogP contribution in [0.1, 0.15) is 12.5 Å². The van der Waals surface area contributed by atoms with E-state index in [1.807, 2.05) is 18.2 Å². The van der Waals surface area contributed by atoms with Gasteiger partial charge in [0.15, 0.2) is 0 Å². The molecule has 0 heterocycles. The maximum Gasteiger partial charge on any atom is 0.137 e. The van der Waals surface area contributed by atoms with Gasteiger partial charge in [-0.3, -0.25) is 0 Å². The molecular weight excluding hydrogens is 251 g/mol. The van der Waals surface area contributed by atoms with E-state index in [1.54, 1.807) is 7.11 Å². The molecule has 0 bridgehead atoms. The molecule has 1 nitrogen and oxygen atoms in total. The van der Waals surface area contributed by atoms with E-state index in [-0.39, 0.29) is 0 Å². The monoisotopic (exact) mass is 262 g/mol. The number of alkyl halides is 1. The fourth-order valence-electron chi connectivity index (χ4n) is 1.16. The van der Waals surface area contributed by atoms with Crippen molar-refractivity contribution < 1.29 is 4.74 Å².